The number of urea groups is 1. The van der Waals surface area contributed by atoms with Gasteiger partial charge in [0.2, 0.25) is 12.7 Å². The van der Waals surface area contributed by atoms with Crippen molar-refractivity contribution < 1.29 is 32.2 Å². The summed E-state index contributed by atoms with van der Waals surface area (Å²) in [5, 5.41) is 5.48. The Bertz CT molecular complexity index is 1170. The maximum atomic E-state index is 13.9. The molecule has 0 aliphatic carbocycles. The molecule has 0 radical (unpaired) electrons. The lowest BCUT2D eigenvalue weighted by Gasteiger charge is -2.38. The molecule has 0 spiro atoms. The van der Waals surface area contributed by atoms with Crippen LogP contribution in [-0.2, 0) is 17.4 Å². The standard InChI is InChI=1S/C27H33F3N4O4/c1-17-13-18(15-19(14-17)27(28,29)30)7-10-33(3)25(35)23(21-5-4-6-22-24(21)38-16-37-22)34-11-8-20(9-12-34)32-26(36)31-2/h4-6,13-15,20,23H,7-12,16H2,1-3H3,(H2,31,32,36)/t23-/m0/s1. The summed E-state index contributed by atoms with van der Waals surface area (Å²) in [4.78, 5) is 29.3. The van der Waals surface area contributed by atoms with Crippen LogP contribution in [0.15, 0.2) is 36.4 Å². The van der Waals surface area contributed by atoms with E-state index in [1.54, 1.807) is 38.1 Å². The summed E-state index contributed by atoms with van der Waals surface area (Å²) < 4.78 is 51.1. The molecule has 4 rings (SSSR count). The van der Waals surface area contributed by atoms with Gasteiger partial charge in [0, 0.05) is 45.3 Å². The number of likely N-dealkylation sites (tertiary alicyclic amines) is 1. The fraction of sp³-hybridized carbons (Fsp3) is 0.481. The van der Waals surface area contributed by atoms with E-state index in [0.717, 1.165) is 12.1 Å². The second-order valence-electron chi connectivity index (χ2n) is 9.73. The van der Waals surface area contributed by atoms with Crippen LogP contribution in [0.3, 0.4) is 0 Å². The second kappa shape index (κ2) is 11.5. The van der Waals surface area contributed by atoms with Gasteiger partial charge in [0.1, 0.15) is 6.04 Å². The predicted molar refractivity (Wildman–Crippen MR) is 135 cm³/mol. The van der Waals surface area contributed by atoms with Crippen LogP contribution in [0.25, 0.3) is 0 Å². The number of hydrogen-bond donors (Lipinski definition) is 2. The maximum Gasteiger partial charge on any atom is 0.416 e. The van der Waals surface area contributed by atoms with Crippen LogP contribution < -0.4 is 20.1 Å². The zero-order valence-corrected chi connectivity index (χ0v) is 21.7. The largest absolute Gasteiger partial charge is 0.454 e. The van der Waals surface area contributed by atoms with Gasteiger partial charge >= 0.3 is 12.2 Å². The minimum atomic E-state index is -4.43. The number of likely N-dealkylation sites (N-methyl/N-ethyl adjacent to an activating group) is 1. The van der Waals surface area contributed by atoms with Gasteiger partial charge in [-0.15, -0.1) is 0 Å². The number of piperidine rings is 1. The number of rotatable bonds is 7. The van der Waals surface area contributed by atoms with E-state index in [1.165, 1.54) is 0 Å². The molecular formula is C27H33F3N4O4. The van der Waals surface area contributed by atoms with Crippen molar-refractivity contribution in [3.8, 4) is 11.5 Å². The van der Waals surface area contributed by atoms with E-state index in [0.29, 0.717) is 54.1 Å². The Morgan fingerprint density at radius 2 is 1.89 bits per heavy atom. The van der Waals surface area contributed by atoms with Gasteiger partial charge in [-0.3, -0.25) is 9.69 Å². The van der Waals surface area contributed by atoms with Gasteiger partial charge in [-0.05, 0) is 49.9 Å². The van der Waals surface area contributed by atoms with Gasteiger partial charge < -0.3 is 25.0 Å². The van der Waals surface area contributed by atoms with Crippen LogP contribution in [0.5, 0.6) is 11.5 Å². The first-order chi connectivity index (χ1) is 18.1. The summed E-state index contributed by atoms with van der Waals surface area (Å²) in [7, 11) is 3.23. The summed E-state index contributed by atoms with van der Waals surface area (Å²) in [5.41, 5.74) is 1.04. The van der Waals surface area contributed by atoms with Crippen molar-refractivity contribution in [1.82, 2.24) is 20.4 Å². The number of hydrogen-bond acceptors (Lipinski definition) is 5. The van der Waals surface area contributed by atoms with Crippen LogP contribution in [0.4, 0.5) is 18.0 Å². The van der Waals surface area contributed by atoms with E-state index in [1.807, 2.05) is 12.1 Å². The number of fused-ring (bicyclic) bond motifs is 1. The molecule has 2 aliphatic rings. The quantitative estimate of drug-likeness (QED) is 0.564. The first kappa shape index (κ1) is 27.6. The molecule has 1 saturated heterocycles. The number of nitrogens with one attached hydrogen (secondary N) is 2. The minimum absolute atomic E-state index is 0.00935. The van der Waals surface area contributed by atoms with Crippen LogP contribution in [0.2, 0.25) is 0 Å². The Balaban J connectivity index is 1.52. The smallest absolute Gasteiger partial charge is 0.416 e. The Morgan fingerprint density at radius 1 is 1.16 bits per heavy atom. The molecule has 38 heavy (non-hydrogen) atoms. The van der Waals surface area contributed by atoms with Gasteiger partial charge in [-0.25, -0.2) is 4.79 Å². The molecule has 0 bridgehead atoms. The van der Waals surface area contributed by atoms with Crippen molar-refractivity contribution in [1.29, 1.82) is 0 Å². The highest BCUT2D eigenvalue weighted by Gasteiger charge is 2.37. The second-order valence-corrected chi connectivity index (χ2v) is 9.73. The normalized spacial score (nSPS) is 16.7. The molecule has 3 amide bonds. The topological polar surface area (TPSA) is 83.1 Å². The lowest BCUT2D eigenvalue weighted by atomic mass is 9.97. The van der Waals surface area contributed by atoms with E-state index in [9.17, 15) is 22.8 Å². The number of benzene rings is 2. The molecule has 2 heterocycles. The highest BCUT2D eigenvalue weighted by Crippen LogP contribution is 2.41. The highest BCUT2D eigenvalue weighted by atomic mass is 19.4. The molecule has 0 unspecified atom stereocenters. The van der Waals surface area contributed by atoms with E-state index in [4.69, 9.17) is 9.47 Å². The van der Waals surface area contributed by atoms with Gasteiger partial charge in [0.05, 0.1) is 5.56 Å². The molecule has 2 aromatic carbocycles. The number of halogens is 3. The summed E-state index contributed by atoms with van der Waals surface area (Å²) in [6.07, 6.45) is -2.82. The number of aryl methyl sites for hydroxylation is 1. The molecule has 206 valence electrons. The van der Waals surface area contributed by atoms with Crippen LogP contribution in [0, 0.1) is 6.92 Å². The average Bonchev–Trinajstić information content (AvgIpc) is 3.37. The number of alkyl halides is 3. The third-order valence-electron chi connectivity index (χ3n) is 6.99. The van der Waals surface area contributed by atoms with Crippen LogP contribution in [0.1, 0.15) is 41.1 Å². The zero-order chi connectivity index (χ0) is 27.4. The van der Waals surface area contributed by atoms with E-state index in [-0.39, 0.29) is 37.7 Å². The van der Waals surface area contributed by atoms with Crippen molar-refractivity contribution in [3.63, 3.8) is 0 Å². The summed E-state index contributed by atoms with van der Waals surface area (Å²) in [5.74, 6) is 0.909. The van der Waals surface area contributed by atoms with Gasteiger partial charge in [0.15, 0.2) is 11.5 Å². The van der Waals surface area contributed by atoms with Crippen molar-refractivity contribution in [2.45, 2.75) is 44.4 Å². The first-order valence-corrected chi connectivity index (χ1v) is 12.6. The third kappa shape index (κ3) is 6.32. The fourth-order valence-electron chi connectivity index (χ4n) is 5.00. The minimum Gasteiger partial charge on any atom is -0.454 e. The number of para-hydroxylation sites is 1. The van der Waals surface area contributed by atoms with Crippen molar-refractivity contribution in [3.05, 3.63) is 58.7 Å². The number of ether oxygens (including phenoxy) is 2. The van der Waals surface area contributed by atoms with Crippen molar-refractivity contribution in [2.24, 2.45) is 0 Å². The zero-order valence-electron chi connectivity index (χ0n) is 21.7. The fourth-order valence-corrected chi connectivity index (χ4v) is 5.00. The molecule has 0 aromatic heterocycles. The Kier molecular flexibility index (Phi) is 8.35. The van der Waals surface area contributed by atoms with Crippen LogP contribution in [-0.4, -0.2) is 68.3 Å². The number of carbonyl (C=O) groups is 2. The van der Waals surface area contributed by atoms with E-state index < -0.39 is 17.8 Å². The average molecular weight is 535 g/mol. The lowest BCUT2D eigenvalue weighted by molar-refractivity contribution is -0.138. The van der Waals surface area contributed by atoms with Gasteiger partial charge in [-0.2, -0.15) is 13.2 Å². The van der Waals surface area contributed by atoms with E-state index in [2.05, 4.69) is 15.5 Å². The molecule has 8 nitrogen and oxygen atoms in total. The molecule has 0 saturated carbocycles. The Hall–Kier alpha value is -3.47. The highest BCUT2D eigenvalue weighted by molar-refractivity contribution is 5.84. The SMILES string of the molecule is CNC(=O)NC1CCN([C@H](C(=O)N(C)CCc2cc(C)cc(C(F)(F)F)c2)c2cccc3c2OCO3)CC1. The Morgan fingerprint density at radius 3 is 2.58 bits per heavy atom. The molecule has 1 fully saturated rings. The summed E-state index contributed by atoms with van der Waals surface area (Å²) in [6, 6.07) is 8.50. The molecule has 1 atom stereocenters. The lowest BCUT2D eigenvalue weighted by Crippen LogP contribution is -2.50. The first-order valence-electron chi connectivity index (χ1n) is 12.6. The van der Waals surface area contributed by atoms with Crippen molar-refractivity contribution in [2.75, 3.05) is 40.5 Å². The Labute approximate surface area is 220 Å². The molecule has 2 aromatic rings. The molecular weight excluding hydrogens is 501 g/mol. The van der Waals surface area contributed by atoms with Crippen LogP contribution >= 0.6 is 0 Å². The monoisotopic (exact) mass is 534 g/mol. The molecule has 2 N–H and O–H groups in total. The summed E-state index contributed by atoms with van der Waals surface area (Å²) >= 11 is 0. The number of nitrogens with zero attached hydrogens (tertiary/aromatic N) is 2. The molecule has 2 aliphatic heterocycles. The van der Waals surface area contributed by atoms with Gasteiger partial charge in [-0.1, -0.05) is 23.8 Å². The third-order valence-corrected chi connectivity index (χ3v) is 6.99. The van der Waals surface area contributed by atoms with E-state index >= 15 is 0 Å². The van der Waals surface area contributed by atoms with Crippen molar-refractivity contribution >= 4 is 11.9 Å². The van der Waals surface area contributed by atoms with Gasteiger partial charge in [0.25, 0.3) is 0 Å². The number of carbonyl (C=O) groups excluding carboxylic acids is 2. The number of amides is 3. The predicted octanol–water partition coefficient (Wildman–Crippen LogP) is 3.88. The maximum absolute atomic E-state index is 13.9. The molecule has 11 heteroatoms. The summed E-state index contributed by atoms with van der Waals surface area (Å²) in [6.45, 7) is 3.07.